The minimum atomic E-state index is -3.19. The van der Waals surface area contributed by atoms with Gasteiger partial charge in [0, 0.05) is 0 Å². The summed E-state index contributed by atoms with van der Waals surface area (Å²) in [6, 6.07) is 6.84. The predicted octanol–water partition coefficient (Wildman–Crippen LogP) is 0.436. The Labute approximate surface area is 106 Å². The second-order valence-electron chi connectivity index (χ2n) is 4.50. The molecule has 5 nitrogen and oxygen atoms in total. The second kappa shape index (κ2) is 4.59. The molecule has 1 saturated heterocycles. The van der Waals surface area contributed by atoms with Crippen LogP contribution in [0.25, 0.3) is 0 Å². The van der Waals surface area contributed by atoms with Crippen molar-refractivity contribution >= 4 is 15.5 Å². The number of anilines is 1. The lowest BCUT2D eigenvalue weighted by atomic mass is 10.1. The molecular formula is C12H14N2O3S. The lowest BCUT2D eigenvalue weighted by Crippen LogP contribution is -2.32. The maximum absolute atomic E-state index is 11.4. The van der Waals surface area contributed by atoms with Crippen LogP contribution >= 0.6 is 0 Å². The Bertz CT molecular complexity index is 604. The summed E-state index contributed by atoms with van der Waals surface area (Å²) in [6.07, 6.45) is -0.929. The minimum absolute atomic E-state index is 0.104. The Kier molecular flexibility index (Phi) is 3.28. The van der Waals surface area contributed by atoms with Gasteiger partial charge in [-0.05, 0) is 18.6 Å². The van der Waals surface area contributed by atoms with Crippen LogP contribution in [0.2, 0.25) is 0 Å². The number of aryl methyl sites for hydroxylation is 1. The zero-order valence-electron chi connectivity index (χ0n) is 9.92. The molecule has 1 aromatic rings. The van der Waals surface area contributed by atoms with E-state index in [9.17, 15) is 13.5 Å². The monoisotopic (exact) mass is 266 g/mol. The zero-order valence-corrected chi connectivity index (χ0v) is 10.7. The summed E-state index contributed by atoms with van der Waals surface area (Å²) in [5.74, 6) is -0.328. The number of nitrogens with zero attached hydrogens (tertiary/aromatic N) is 1. The van der Waals surface area contributed by atoms with Crippen molar-refractivity contribution in [3.05, 3.63) is 29.3 Å². The molecule has 18 heavy (non-hydrogen) atoms. The third-order valence-electron chi connectivity index (χ3n) is 3.05. The van der Waals surface area contributed by atoms with E-state index in [-0.39, 0.29) is 11.5 Å². The van der Waals surface area contributed by atoms with Crippen molar-refractivity contribution < 1.29 is 13.5 Å². The van der Waals surface area contributed by atoms with Crippen LogP contribution in [-0.2, 0) is 9.84 Å². The van der Waals surface area contributed by atoms with E-state index in [0.29, 0.717) is 11.3 Å². The fourth-order valence-electron chi connectivity index (χ4n) is 2.10. The number of benzene rings is 1. The number of aliphatic hydroxyl groups excluding tert-OH is 1. The summed E-state index contributed by atoms with van der Waals surface area (Å²) in [6.45, 7) is 1.81. The van der Waals surface area contributed by atoms with Crippen LogP contribution in [0.3, 0.4) is 0 Å². The number of hydrogen-bond donors (Lipinski definition) is 2. The molecule has 0 spiro atoms. The van der Waals surface area contributed by atoms with Gasteiger partial charge in [0.25, 0.3) is 0 Å². The van der Waals surface area contributed by atoms with Crippen LogP contribution < -0.4 is 5.32 Å². The summed E-state index contributed by atoms with van der Waals surface area (Å²) in [5, 5.41) is 21.7. The van der Waals surface area contributed by atoms with E-state index in [1.807, 2.05) is 13.0 Å². The fraction of sp³-hybridized carbons (Fsp3) is 0.417. The van der Waals surface area contributed by atoms with Gasteiger partial charge >= 0.3 is 0 Å². The molecule has 1 heterocycles. The van der Waals surface area contributed by atoms with Gasteiger partial charge in [0.05, 0.1) is 34.9 Å². The largest absolute Gasteiger partial charge is 0.390 e. The SMILES string of the molecule is Cc1cccc(NC2CS(=O)(=O)CC2O)c1C#N. The molecule has 1 aliphatic heterocycles. The smallest absolute Gasteiger partial charge is 0.155 e. The molecule has 2 N–H and O–H groups in total. The average molecular weight is 266 g/mol. The van der Waals surface area contributed by atoms with Crippen LogP contribution in [0, 0.1) is 18.3 Å². The molecular weight excluding hydrogens is 252 g/mol. The van der Waals surface area contributed by atoms with E-state index in [4.69, 9.17) is 5.26 Å². The van der Waals surface area contributed by atoms with Crippen molar-refractivity contribution in [3.63, 3.8) is 0 Å². The number of rotatable bonds is 2. The number of hydrogen-bond acceptors (Lipinski definition) is 5. The van der Waals surface area contributed by atoms with Crippen LogP contribution in [-0.4, -0.2) is 37.2 Å². The van der Waals surface area contributed by atoms with Gasteiger partial charge in [-0.15, -0.1) is 0 Å². The molecule has 0 saturated carbocycles. The van der Waals surface area contributed by atoms with E-state index in [1.165, 1.54) is 0 Å². The van der Waals surface area contributed by atoms with E-state index >= 15 is 0 Å². The molecule has 6 heteroatoms. The first-order valence-corrected chi connectivity index (χ1v) is 7.40. The molecule has 2 atom stereocenters. The van der Waals surface area contributed by atoms with E-state index in [1.54, 1.807) is 12.1 Å². The molecule has 0 aromatic heterocycles. The van der Waals surface area contributed by atoms with Crippen LogP contribution in [0.1, 0.15) is 11.1 Å². The molecule has 1 aliphatic rings. The number of aliphatic hydroxyl groups is 1. The second-order valence-corrected chi connectivity index (χ2v) is 6.66. The topological polar surface area (TPSA) is 90.2 Å². The summed E-state index contributed by atoms with van der Waals surface area (Å²) >= 11 is 0. The van der Waals surface area contributed by atoms with Crippen molar-refractivity contribution in [3.8, 4) is 6.07 Å². The molecule has 0 bridgehead atoms. The first-order valence-electron chi connectivity index (χ1n) is 5.58. The molecule has 1 aromatic carbocycles. The van der Waals surface area contributed by atoms with Gasteiger partial charge in [0.2, 0.25) is 0 Å². The van der Waals surface area contributed by atoms with Gasteiger partial charge in [-0.3, -0.25) is 0 Å². The Hall–Kier alpha value is -1.58. The molecule has 2 unspecified atom stereocenters. The Balaban J connectivity index is 2.26. The third kappa shape index (κ3) is 2.47. The number of nitriles is 1. The lowest BCUT2D eigenvalue weighted by molar-refractivity contribution is 0.190. The first kappa shape index (κ1) is 12.9. The quantitative estimate of drug-likeness (QED) is 0.810. The summed E-state index contributed by atoms with van der Waals surface area (Å²) in [5.41, 5.74) is 1.87. The van der Waals surface area contributed by atoms with Gasteiger partial charge < -0.3 is 10.4 Å². The maximum atomic E-state index is 11.4. The highest BCUT2D eigenvalue weighted by molar-refractivity contribution is 7.91. The van der Waals surface area contributed by atoms with Crippen molar-refractivity contribution in [2.45, 2.75) is 19.1 Å². The van der Waals surface area contributed by atoms with Gasteiger partial charge in [-0.1, -0.05) is 12.1 Å². The van der Waals surface area contributed by atoms with Crippen molar-refractivity contribution in [1.29, 1.82) is 5.26 Å². The highest BCUT2D eigenvalue weighted by Gasteiger charge is 2.36. The summed E-state index contributed by atoms with van der Waals surface area (Å²) in [7, 11) is -3.19. The summed E-state index contributed by atoms with van der Waals surface area (Å²) in [4.78, 5) is 0. The van der Waals surface area contributed by atoms with Crippen LogP contribution in [0.15, 0.2) is 18.2 Å². The third-order valence-corrected chi connectivity index (χ3v) is 4.76. The predicted molar refractivity (Wildman–Crippen MR) is 68.0 cm³/mol. The maximum Gasteiger partial charge on any atom is 0.155 e. The minimum Gasteiger partial charge on any atom is -0.390 e. The standard InChI is InChI=1S/C12H14N2O3S/c1-8-3-2-4-10(9(8)5-13)14-11-6-18(16,17)7-12(11)15/h2-4,11-12,14-15H,6-7H2,1H3. The zero-order chi connectivity index (χ0) is 13.3. The average Bonchev–Trinajstić information content (AvgIpc) is 2.52. The van der Waals surface area contributed by atoms with Gasteiger partial charge in [-0.2, -0.15) is 5.26 Å². The highest BCUT2D eigenvalue weighted by Crippen LogP contribution is 2.23. The first-order chi connectivity index (χ1) is 8.43. The molecule has 96 valence electrons. The number of nitrogens with one attached hydrogen (secondary N) is 1. The van der Waals surface area contributed by atoms with E-state index in [2.05, 4.69) is 11.4 Å². The molecule has 2 rings (SSSR count). The molecule has 0 aliphatic carbocycles. The Morgan fingerprint density at radius 2 is 2.17 bits per heavy atom. The molecule has 0 radical (unpaired) electrons. The lowest BCUT2D eigenvalue weighted by Gasteiger charge is -2.17. The van der Waals surface area contributed by atoms with Crippen molar-refractivity contribution in [2.24, 2.45) is 0 Å². The van der Waals surface area contributed by atoms with Crippen LogP contribution in [0.4, 0.5) is 5.69 Å². The Morgan fingerprint density at radius 3 is 2.72 bits per heavy atom. The number of sulfone groups is 1. The fourth-order valence-corrected chi connectivity index (χ4v) is 3.84. The van der Waals surface area contributed by atoms with Crippen LogP contribution in [0.5, 0.6) is 0 Å². The highest BCUT2D eigenvalue weighted by atomic mass is 32.2. The molecule has 0 amide bonds. The summed E-state index contributed by atoms with van der Waals surface area (Å²) < 4.78 is 22.8. The molecule has 1 fully saturated rings. The van der Waals surface area contributed by atoms with Crippen molar-refractivity contribution in [1.82, 2.24) is 0 Å². The van der Waals surface area contributed by atoms with Gasteiger partial charge in [-0.25, -0.2) is 8.42 Å². The Morgan fingerprint density at radius 1 is 1.44 bits per heavy atom. The van der Waals surface area contributed by atoms with E-state index < -0.39 is 22.0 Å². The normalized spacial score (nSPS) is 25.6. The van der Waals surface area contributed by atoms with E-state index in [0.717, 1.165) is 5.56 Å². The van der Waals surface area contributed by atoms with Gasteiger partial charge in [0.1, 0.15) is 6.07 Å². The van der Waals surface area contributed by atoms with Gasteiger partial charge in [0.15, 0.2) is 9.84 Å². The van der Waals surface area contributed by atoms with Crippen molar-refractivity contribution in [2.75, 3.05) is 16.8 Å².